The molecule has 1 aromatic rings. The molecule has 2 rings (SSSR count). The number of hydrogen-bond donors (Lipinski definition) is 2. The molecule has 7 heteroatoms. The van der Waals surface area contributed by atoms with Crippen LogP contribution < -0.4 is 10.0 Å². The van der Waals surface area contributed by atoms with Crippen LogP contribution in [-0.2, 0) is 10.0 Å². The van der Waals surface area contributed by atoms with Gasteiger partial charge in [0.15, 0.2) is 0 Å². The molecule has 1 aliphatic heterocycles. The highest BCUT2D eigenvalue weighted by Crippen LogP contribution is 2.20. The van der Waals surface area contributed by atoms with Crippen LogP contribution in [0.2, 0.25) is 0 Å². The lowest BCUT2D eigenvalue weighted by Gasteiger charge is -2.26. The molecule has 0 saturated carbocycles. The molecule has 1 aromatic carbocycles. The van der Waals surface area contributed by atoms with Crippen molar-refractivity contribution in [2.45, 2.75) is 6.92 Å². The van der Waals surface area contributed by atoms with Gasteiger partial charge in [0.25, 0.3) is 0 Å². The van der Waals surface area contributed by atoms with E-state index in [-0.39, 0.29) is 5.75 Å². The Labute approximate surface area is 128 Å². The molecule has 0 aliphatic carbocycles. The Bertz CT molecular complexity index is 536. The number of hydrogen-bond acceptors (Lipinski definition) is 4. The zero-order valence-corrected chi connectivity index (χ0v) is 13.9. The number of nitrogens with one attached hydrogen (secondary N) is 2. The Morgan fingerprint density at radius 1 is 1.30 bits per heavy atom. The van der Waals surface area contributed by atoms with Crippen LogP contribution in [-0.4, -0.2) is 51.8 Å². The molecule has 1 aliphatic rings. The molecule has 0 amide bonds. The van der Waals surface area contributed by atoms with Crippen molar-refractivity contribution in [3.05, 3.63) is 28.2 Å². The van der Waals surface area contributed by atoms with E-state index in [4.69, 9.17) is 0 Å². The van der Waals surface area contributed by atoms with Crippen LogP contribution in [0.5, 0.6) is 0 Å². The number of anilines is 1. The first-order chi connectivity index (χ1) is 9.44. The molecule has 1 fully saturated rings. The van der Waals surface area contributed by atoms with Crippen molar-refractivity contribution in [1.82, 2.24) is 10.2 Å². The van der Waals surface area contributed by atoms with Gasteiger partial charge in [0.2, 0.25) is 10.0 Å². The molecule has 112 valence electrons. The lowest BCUT2D eigenvalue weighted by atomic mass is 10.2. The van der Waals surface area contributed by atoms with Gasteiger partial charge in [0.1, 0.15) is 0 Å². The van der Waals surface area contributed by atoms with Crippen molar-refractivity contribution < 1.29 is 8.42 Å². The minimum absolute atomic E-state index is 0.124. The maximum atomic E-state index is 12.1. The molecule has 2 N–H and O–H groups in total. The van der Waals surface area contributed by atoms with Crippen LogP contribution in [0.1, 0.15) is 5.56 Å². The normalized spacial score (nSPS) is 17.1. The van der Waals surface area contributed by atoms with E-state index in [2.05, 4.69) is 30.9 Å². The quantitative estimate of drug-likeness (QED) is 0.832. The summed E-state index contributed by atoms with van der Waals surface area (Å²) in [5.74, 6) is 0.124. The monoisotopic (exact) mass is 361 g/mol. The summed E-state index contributed by atoms with van der Waals surface area (Å²) in [5, 5.41) is 3.25. The molecule has 0 aromatic heterocycles. The Hall–Kier alpha value is -0.630. The van der Waals surface area contributed by atoms with E-state index in [9.17, 15) is 8.42 Å². The molecule has 20 heavy (non-hydrogen) atoms. The van der Waals surface area contributed by atoms with Crippen LogP contribution in [0, 0.1) is 6.92 Å². The number of piperazine rings is 1. The fraction of sp³-hybridized carbons (Fsp3) is 0.538. The van der Waals surface area contributed by atoms with Crippen molar-refractivity contribution in [1.29, 1.82) is 0 Å². The first kappa shape index (κ1) is 15.8. The highest BCUT2D eigenvalue weighted by molar-refractivity contribution is 9.10. The number of aryl methyl sites for hydroxylation is 1. The summed E-state index contributed by atoms with van der Waals surface area (Å²) in [6, 6.07) is 5.54. The maximum Gasteiger partial charge on any atom is 0.233 e. The number of rotatable bonds is 5. The Morgan fingerprint density at radius 2 is 2.00 bits per heavy atom. The third-order valence-corrected chi connectivity index (χ3v) is 4.93. The third-order valence-electron chi connectivity index (χ3n) is 3.20. The summed E-state index contributed by atoms with van der Waals surface area (Å²) in [6.07, 6.45) is 0. The van der Waals surface area contributed by atoms with E-state index < -0.39 is 10.0 Å². The number of benzene rings is 1. The standard InChI is InChI=1S/C13H20BrN3O2S/c1-11-8-12(14)10-13(9-11)16-20(18,19)7-6-17-4-2-15-3-5-17/h8-10,15-16H,2-7H2,1H3. The second-order valence-electron chi connectivity index (χ2n) is 5.03. The smallest absolute Gasteiger partial charge is 0.233 e. The highest BCUT2D eigenvalue weighted by atomic mass is 79.9. The van der Waals surface area contributed by atoms with E-state index in [1.54, 1.807) is 6.07 Å². The lowest BCUT2D eigenvalue weighted by molar-refractivity contribution is 0.254. The Morgan fingerprint density at radius 3 is 2.65 bits per heavy atom. The van der Waals surface area contributed by atoms with Crippen molar-refractivity contribution in [3.8, 4) is 0 Å². The minimum Gasteiger partial charge on any atom is -0.314 e. The van der Waals surface area contributed by atoms with E-state index in [1.807, 2.05) is 19.1 Å². The average molecular weight is 362 g/mol. The van der Waals surface area contributed by atoms with Crippen molar-refractivity contribution in [3.63, 3.8) is 0 Å². The van der Waals surface area contributed by atoms with Gasteiger partial charge in [-0.05, 0) is 30.7 Å². The summed E-state index contributed by atoms with van der Waals surface area (Å²) >= 11 is 3.37. The highest BCUT2D eigenvalue weighted by Gasteiger charge is 2.15. The van der Waals surface area contributed by atoms with Gasteiger partial charge in [0, 0.05) is 42.9 Å². The predicted octanol–water partition coefficient (Wildman–Crippen LogP) is 1.40. The SMILES string of the molecule is Cc1cc(Br)cc(NS(=O)(=O)CCN2CCNCC2)c1. The van der Waals surface area contributed by atoms with E-state index >= 15 is 0 Å². The molecule has 0 atom stereocenters. The molecule has 0 unspecified atom stereocenters. The second-order valence-corrected chi connectivity index (χ2v) is 7.79. The minimum atomic E-state index is -3.30. The molecule has 0 bridgehead atoms. The molecular formula is C13H20BrN3O2S. The summed E-state index contributed by atoms with van der Waals surface area (Å²) in [6.45, 7) is 6.18. The van der Waals surface area contributed by atoms with Crippen molar-refractivity contribution in [2.75, 3.05) is 43.2 Å². The van der Waals surface area contributed by atoms with Crippen LogP contribution in [0.3, 0.4) is 0 Å². The van der Waals surface area contributed by atoms with E-state index in [1.165, 1.54) is 0 Å². The van der Waals surface area contributed by atoms with Gasteiger partial charge in [-0.2, -0.15) is 0 Å². The van der Waals surface area contributed by atoms with E-state index in [0.29, 0.717) is 12.2 Å². The first-order valence-electron chi connectivity index (χ1n) is 6.65. The molecular weight excluding hydrogens is 342 g/mol. The molecule has 0 spiro atoms. The average Bonchev–Trinajstić information content (AvgIpc) is 2.36. The van der Waals surface area contributed by atoms with Crippen LogP contribution in [0.25, 0.3) is 0 Å². The molecule has 1 heterocycles. The maximum absolute atomic E-state index is 12.1. The second kappa shape index (κ2) is 6.89. The van der Waals surface area contributed by atoms with Crippen LogP contribution in [0.15, 0.2) is 22.7 Å². The fourth-order valence-electron chi connectivity index (χ4n) is 2.21. The number of sulfonamides is 1. The van der Waals surface area contributed by atoms with Gasteiger partial charge < -0.3 is 5.32 Å². The van der Waals surface area contributed by atoms with Gasteiger partial charge >= 0.3 is 0 Å². The predicted molar refractivity (Wildman–Crippen MR) is 85.6 cm³/mol. The zero-order chi connectivity index (χ0) is 14.6. The van der Waals surface area contributed by atoms with Crippen molar-refractivity contribution >= 4 is 31.6 Å². The number of halogens is 1. The Kier molecular flexibility index (Phi) is 5.42. The van der Waals surface area contributed by atoms with Gasteiger partial charge in [0.05, 0.1) is 5.75 Å². The summed E-state index contributed by atoms with van der Waals surface area (Å²) in [5.41, 5.74) is 1.62. The first-order valence-corrected chi connectivity index (χ1v) is 9.10. The largest absolute Gasteiger partial charge is 0.314 e. The van der Waals surface area contributed by atoms with Crippen LogP contribution in [0.4, 0.5) is 5.69 Å². The van der Waals surface area contributed by atoms with Gasteiger partial charge in [-0.25, -0.2) is 8.42 Å². The number of nitrogens with zero attached hydrogens (tertiary/aromatic N) is 1. The Balaban J connectivity index is 1.92. The van der Waals surface area contributed by atoms with Gasteiger partial charge in [-0.3, -0.25) is 9.62 Å². The van der Waals surface area contributed by atoms with Crippen molar-refractivity contribution in [2.24, 2.45) is 0 Å². The van der Waals surface area contributed by atoms with E-state index in [0.717, 1.165) is 36.2 Å². The summed E-state index contributed by atoms with van der Waals surface area (Å²) < 4.78 is 27.7. The molecule has 5 nitrogen and oxygen atoms in total. The van der Waals surface area contributed by atoms with Gasteiger partial charge in [-0.15, -0.1) is 0 Å². The third kappa shape index (κ3) is 5.05. The topological polar surface area (TPSA) is 61.4 Å². The summed E-state index contributed by atoms with van der Waals surface area (Å²) in [4.78, 5) is 2.17. The molecule has 1 saturated heterocycles. The fourth-order valence-corrected chi connectivity index (χ4v) is 3.90. The zero-order valence-electron chi connectivity index (χ0n) is 11.5. The lowest BCUT2D eigenvalue weighted by Crippen LogP contribution is -2.45. The molecule has 0 radical (unpaired) electrons. The van der Waals surface area contributed by atoms with Gasteiger partial charge in [-0.1, -0.05) is 15.9 Å². The summed E-state index contributed by atoms with van der Waals surface area (Å²) in [7, 11) is -3.30. The van der Waals surface area contributed by atoms with Crippen LogP contribution >= 0.6 is 15.9 Å².